The van der Waals surface area contributed by atoms with Crippen LogP contribution in [-0.2, 0) is 22.6 Å². The van der Waals surface area contributed by atoms with Crippen molar-refractivity contribution in [2.45, 2.75) is 37.1 Å². The third-order valence-electron chi connectivity index (χ3n) is 4.74. The molecular weight excluding hydrogens is 376 g/mol. The minimum Gasteiger partial charge on any atom is -0.382 e. The van der Waals surface area contributed by atoms with Gasteiger partial charge in [0.15, 0.2) is 0 Å². The first-order valence-corrected chi connectivity index (χ1v) is 8.64. The van der Waals surface area contributed by atoms with Gasteiger partial charge in [-0.15, -0.1) is 0 Å². The van der Waals surface area contributed by atoms with Gasteiger partial charge < -0.3 is 10.4 Å². The van der Waals surface area contributed by atoms with Gasteiger partial charge in [0, 0.05) is 23.3 Å². The van der Waals surface area contributed by atoms with E-state index in [1.807, 2.05) is 6.07 Å². The number of fused-ring (bicyclic) bond motifs is 1. The van der Waals surface area contributed by atoms with Crippen LogP contribution in [0.3, 0.4) is 0 Å². The van der Waals surface area contributed by atoms with Gasteiger partial charge in [0.2, 0.25) is 5.67 Å². The summed E-state index contributed by atoms with van der Waals surface area (Å²) in [6.45, 7) is -0.0817. The van der Waals surface area contributed by atoms with Gasteiger partial charge in [-0.1, -0.05) is 23.7 Å². The van der Waals surface area contributed by atoms with Crippen LogP contribution in [0.5, 0.6) is 0 Å². The maximum absolute atomic E-state index is 15.7. The second-order valence-electron chi connectivity index (χ2n) is 6.49. The topological polar surface area (TPSA) is 86.0 Å². The zero-order valence-corrected chi connectivity index (χ0v) is 14.9. The van der Waals surface area contributed by atoms with Gasteiger partial charge in [-0.25, -0.2) is 8.78 Å². The molecule has 2 atom stereocenters. The predicted octanol–water partition coefficient (Wildman–Crippen LogP) is 3.25. The van der Waals surface area contributed by atoms with Gasteiger partial charge in [-0.05, 0) is 36.6 Å². The molecule has 1 heterocycles. The number of alkyl halides is 1. The Hall–Kier alpha value is -2.56. The van der Waals surface area contributed by atoms with E-state index >= 15 is 4.39 Å². The lowest BCUT2D eigenvalue weighted by Crippen LogP contribution is -2.47. The summed E-state index contributed by atoms with van der Waals surface area (Å²) in [4.78, 5) is 16.7. The van der Waals surface area contributed by atoms with E-state index < -0.39 is 23.0 Å². The summed E-state index contributed by atoms with van der Waals surface area (Å²) in [5, 5.41) is 22.2. The van der Waals surface area contributed by atoms with Gasteiger partial charge >= 0.3 is 0 Å². The number of carbonyl (C=O) groups excluding carboxylic acids is 1. The largest absolute Gasteiger partial charge is 0.382 e. The fraction of sp³-hybridized carbons (Fsp3) is 0.316. The van der Waals surface area contributed by atoms with Crippen LogP contribution in [0.1, 0.15) is 36.1 Å². The van der Waals surface area contributed by atoms with Gasteiger partial charge in [0.25, 0.3) is 5.91 Å². The number of nitrogens with one attached hydrogen (secondary N) is 1. The highest BCUT2D eigenvalue weighted by Crippen LogP contribution is 2.46. The van der Waals surface area contributed by atoms with Crippen molar-refractivity contribution >= 4 is 17.5 Å². The first-order valence-electron chi connectivity index (χ1n) is 8.26. The molecule has 1 aliphatic carbocycles. The van der Waals surface area contributed by atoms with Crippen molar-refractivity contribution in [3.05, 3.63) is 64.2 Å². The number of aliphatic hydroxyl groups is 1. The van der Waals surface area contributed by atoms with Crippen molar-refractivity contribution in [1.29, 1.82) is 5.26 Å². The van der Waals surface area contributed by atoms with Crippen molar-refractivity contribution in [3.63, 3.8) is 0 Å². The van der Waals surface area contributed by atoms with E-state index in [9.17, 15) is 14.3 Å². The number of pyridine rings is 1. The molecular formula is C19H16ClF2N3O2. The number of benzene rings is 1. The van der Waals surface area contributed by atoms with E-state index in [0.29, 0.717) is 5.56 Å². The number of aromatic nitrogens is 1. The van der Waals surface area contributed by atoms with Crippen LogP contribution in [-0.4, -0.2) is 16.0 Å². The molecule has 0 radical (unpaired) electrons. The van der Waals surface area contributed by atoms with E-state index in [1.165, 1.54) is 30.5 Å². The van der Waals surface area contributed by atoms with E-state index in [0.717, 1.165) is 6.07 Å². The summed E-state index contributed by atoms with van der Waals surface area (Å²) in [5.74, 6) is -1.42. The number of carbonyl (C=O) groups is 1. The molecule has 1 unspecified atom stereocenters. The highest BCUT2D eigenvalue weighted by Gasteiger charge is 2.51. The molecule has 0 aliphatic heterocycles. The molecule has 0 fully saturated rings. The molecule has 27 heavy (non-hydrogen) atoms. The Morgan fingerprint density at radius 3 is 2.89 bits per heavy atom. The molecule has 0 saturated heterocycles. The molecule has 5 nitrogen and oxygen atoms in total. The lowest BCUT2D eigenvalue weighted by atomic mass is 9.73. The first-order chi connectivity index (χ1) is 12.8. The minimum absolute atomic E-state index is 0.00438. The maximum Gasteiger partial charge on any atom is 0.262 e. The maximum atomic E-state index is 15.7. The number of hydrogen-bond donors (Lipinski definition) is 2. The molecule has 1 aromatic heterocycles. The van der Waals surface area contributed by atoms with Crippen LogP contribution in [0, 0.1) is 17.1 Å². The number of nitrogens with zero attached hydrogens (tertiary/aromatic N) is 2. The van der Waals surface area contributed by atoms with Crippen LogP contribution in [0.2, 0.25) is 5.02 Å². The molecule has 2 aromatic rings. The summed E-state index contributed by atoms with van der Waals surface area (Å²) in [7, 11) is 0. The predicted molar refractivity (Wildman–Crippen MR) is 93.6 cm³/mol. The quantitative estimate of drug-likeness (QED) is 0.837. The summed E-state index contributed by atoms with van der Waals surface area (Å²) in [5.41, 5.74) is -3.62. The van der Waals surface area contributed by atoms with Gasteiger partial charge in [-0.2, -0.15) is 5.26 Å². The monoisotopic (exact) mass is 391 g/mol. The van der Waals surface area contributed by atoms with Crippen LogP contribution >= 0.6 is 11.6 Å². The lowest BCUT2D eigenvalue weighted by Gasteiger charge is -2.38. The smallest absolute Gasteiger partial charge is 0.262 e. The number of halogens is 3. The van der Waals surface area contributed by atoms with Gasteiger partial charge in [-0.3, -0.25) is 9.78 Å². The lowest BCUT2D eigenvalue weighted by molar-refractivity contribution is -0.137. The zero-order valence-electron chi connectivity index (χ0n) is 14.2. The van der Waals surface area contributed by atoms with Crippen molar-refractivity contribution in [2.24, 2.45) is 0 Å². The van der Waals surface area contributed by atoms with Crippen molar-refractivity contribution in [3.8, 4) is 6.07 Å². The summed E-state index contributed by atoms with van der Waals surface area (Å²) < 4.78 is 28.8. The summed E-state index contributed by atoms with van der Waals surface area (Å²) in [6, 6.07) is 8.44. The van der Waals surface area contributed by atoms with Crippen LogP contribution in [0.4, 0.5) is 8.78 Å². The fourth-order valence-corrected chi connectivity index (χ4v) is 3.48. The van der Waals surface area contributed by atoms with Crippen molar-refractivity contribution < 1.29 is 18.7 Å². The average molecular weight is 392 g/mol. The molecule has 1 aliphatic rings. The van der Waals surface area contributed by atoms with E-state index in [1.54, 1.807) is 0 Å². The SMILES string of the molecule is N#CCC1(O)CC[C@@](F)(C(=O)NCc2ccc(F)cc2Cl)c2cccnc21. The Kier molecular flexibility index (Phi) is 5.13. The van der Waals surface area contributed by atoms with Gasteiger partial charge in [0.05, 0.1) is 18.2 Å². The van der Waals surface area contributed by atoms with Crippen LogP contribution in [0.25, 0.3) is 0 Å². The molecule has 2 N–H and O–H groups in total. The number of amides is 1. The second-order valence-corrected chi connectivity index (χ2v) is 6.89. The number of rotatable bonds is 4. The molecule has 1 aromatic carbocycles. The molecule has 8 heteroatoms. The normalized spacial score (nSPS) is 24.0. The first kappa shape index (κ1) is 19.2. The van der Waals surface area contributed by atoms with Gasteiger partial charge in [0.1, 0.15) is 11.4 Å². The Bertz CT molecular complexity index is 933. The second kappa shape index (κ2) is 7.22. The number of nitriles is 1. The molecule has 1 amide bonds. The number of hydrogen-bond acceptors (Lipinski definition) is 4. The molecule has 3 rings (SSSR count). The van der Waals surface area contributed by atoms with Crippen LogP contribution < -0.4 is 5.32 Å². The minimum atomic E-state index is -2.40. The fourth-order valence-electron chi connectivity index (χ4n) is 3.25. The third-order valence-corrected chi connectivity index (χ3v) is 5.10. The Morgan fingerprint density at radius 2 is 2.19 bits per heavy atom. The van der Waals surface area contributed by atoms with Crippen molar-refractivity contribution in [1.82, 2.24) is 10.3 Å². The van der Waals surface area contributed by atoms with Crippen LogP contribution in [0.15, 0.2) is 36.5 Å². The summed E-state index contributed by atoms with van der Waals surface area (Å²) in [6.07, 6.45) is 0.710. The third kappa shape index (κ3) is 3.51. The van der Waals surface area contributed by atoms with E-state index in [4.69, 9.17) is 16.9 Å². The highest BCUT2D eigenvalue weighted by molar-refractivity contribution is 6.31. The molecule has 0 bridgehead atoms. The summed E-state index contributed by atoms with van der Waals surface area (Å²) >= 11 is 5.93. The zero-order chi connectivity index (χ0) is 19.7. The van der Waals surface area contributed by atoms with E-state index in [2.05, 4.69) is 10.3 Å². The van der Waals surface area contributed by atoms with Crippen molar-refractivity contribution in [2.75, 3.05) is 0 Å². The Morgan fingerprint density at radius 1 is 1.41 bits per heavy atom. The molecule has 140 valence electrons. The Labute approximate surface area is 159 Å². The Balaban J connectivity index is 1.87. The average Bonchev–Trinajstić information content (AvgIpc) is 2.65. The molecule has 0 spiro atoms. The van der Waals surface area contributed by atoms with E-state index in [-0.39, 0.29) is 42.1 Å². The molecule has 0 saturated carbocycles. The highest BCUT2D eigenvalue weighted by atomic mass is 35.5. The standard InChI is InChI=1S/C19H16ClF2N3O2/c20-15-10-13(21)4-3-12(15)11-25-17(26)19(22)6-5-18(27,7-8-23)16-14(19)2-1-9-24-16/h1-4,9-10,27H,5-7,11H2,(H,25,26)/t18?,19-/m0/s1.